The lowest BCUT2D eigenvalue weighted by Gasteiger charge is -2.14. The number of hydrogen-bond donors (Lipinski definition) is 3. The molecular weight excluding hydrogens is 397 g/mol. The highest BCUT2D eigenvalue weighted by atomic mass is 35.5. The molecule has 3 N–H and O–H groups in total. The first-order valence-electron chi connectivity index (χ1n) is 7.85. The summed E-state index contributed by atoms with van der Waals surface area (Å²) < 4.78 is 10.9. The molecule has 2 aromatic carbocycles. The van der Waals surface area contributed by atoms with Gasteiger partial charge in [-0.1, -0.05) is 29.3 Å². The number of hydrogen-bond acceptors (Lipinski definition) is 5. The maximum absolute atomic E-state index is 12.1. The molecule has 0 saturated heterocycles. The van der Waals surface area contributed by atoms with Crippen molar-refractivity contribution in [1.29, 1.82) is 0 Å². The molecule has 27 heavy (non-hydrogen) atoms. The minimum atomic E-state index is -1.18. The number of phenolic OH excluding ortho intramolecular Hbond substituents is 1. The fraction of sp³-hybridized carbons (Fsp3) is 0.222. The van der Waals surface area contributed by atoms with Crippen LogP contribution in [0.5, 0.6) is 17.2 Å². The molecule has 0 fully saturated rings. The highest BCUT2D eigenvalue weighted by molar-refractivity contribution is 6.40. The standard InChI is InChI=1S/C18H17Cl2NO6/c1-10(18(24)25)21-17(23)16-14(19)8-13(9-15(16)20)27-6-5-26-12-4-2-3-11(22)7-12/h2-4,7-10,22H,5-6H2,1H3,(H,21,23)(H,24,25)/t10-/m0/s1. The number of rotatable bonds is 8. The molecule has 0 aliphatic rings. The van der Waals surface area contributed by atoms with E-state index in [-0.39, 0.29) is 34.6 Å². The van der Waals surface area contributed by atoms with Gasteiger partial charge >= 0.3 is 5.97 Å². The lowest BCUT2D eigenvalue weighted by molar-refractivity contribution is -0.138. The third-order valence-electron chi connectivity index (χ3n) is 3.40. The molecule has 144 valence electrons. The van der Waals surface area contributed by atoms with Crippen molar-refractivity contribution >= 4 is 35.1 Å². The Morgan fingerprint density at radius 3 is 2.22 bits per heavy atom. The zero-order chi connectivity index (χ0) is 20.0. The Morgan fingerprint density at radius 1 is 1.07 bits per heavy atom. The second-order valence-corrected chi connectivity index (χ2v) is 6.30. The van der Waals surface area contributed by atoms with Gasteiger partial charge in [0.1, 0.15) is 36.5 Å². The molecule has 1 amide bonds. The predicted molar refractivity (Wildman–Crippen MR) is 100 cm³/mol. The van der Waals surface area contributed by atoms with Crippen LogP contribution in [0.4, 0.5) is 0 Å². The monoisotopic (exact) mass is 413 g/mol. The summed E-state index contributed by atoms with van der Waals surface area (Å²) in [6, 6.07) is 8.07. The van der Waals surface area contributed by atoms with Crippen LogP contribution in [0, 0.1) is 0 Å². The van der Waals surface area contributed by atoms with Gasteiger partial charge in [-0.3, -0.25) is 9.59 Å². The molecule has 2 rings (SSSR count). The van der Waals surface area contributed by atoms with E-state index in [1.165, 1.54) is 31.2 Å². The normalized spacial score (nSPS) is 11.5. The summed E-state index contributed by atoms with van der Waals surface area (Å²) in [7, 11) is 0. The Bertz CT molecular complexity index is 819. The zero-order valence-electron chi connectivity index (χ0n) is 14.2. The van der Waals surface area contributed by atoms with E-state index in [2.05, 4.69) is 5.32 Å². The number of amides is 1. The second-order valence-electron chi connectivity index (χ2n) is 5.49. The van der Waals surface area contributed by atoms with E-state index in [1.807, 2.05) is 0 Å². The molecule has 0 radical (unpaired) electrons. The number of nitrogens with one attached hydrogen (secondary N) is 1. The molecule has 0 unspecified atom stereocenters. The van der Waals surface area contributed by atoms with Gasteiger partial charge in [0, 0.05) is 6.07 Å². The molecule has 0 aromatic heterocycles. The van der Waals surface area contributed by atoms with Gasteiger partial charge in [0.05, 0.1) is 15.6 Å². The van der Waals surface area contributed by atoms with Crippen LogP contribution in [-0.2, 0) is 4.79 Å². The Kier molecular flexibility index (Phi) is 7.15. The Hall–Kier alpha value is -2.64. The molecule has 0 aliphatic carbocycles. The average molecular weight is 414 g/mol. The van der Waals surface area contributed by atoms with Gasteiger partial charge in [-0.2, -0.15) is 0 Å². The maximum Gasteiger partial charge on any atom is 0.325 e. The SMILES string of the molecule is C[C@H](NC(=O)c1c(Cl)cc(OCCOc2cccc(O)c2)cc1Cl)C(=O)O. The topological polar surface area (TPSA) is 105 Å². The number of aromatic hydroxyl groups is 1. The number of ether oxygens (including phenoxy) is 2. The molecule has 2 aromatic rings. The van der Waals surface area contributed by atoms with Crippen LogP contribution in [-0.4, -0.2) is 41.3 Å². The fourth-order valence-electron chi connectivity index (χ4n) is 2.07. The van der Waals surface area contributed by atoms with Crippen molar-refractivity contribution in [2.24, 2.45) is 0 Å². The maximum atomic E-state index is 12.1. The van der Waals surface area contributed by atoms with Gasteiger partial charge in [0.15, 0.2) is 0 Å². The quantitative estimate of drug-likeness (QED) is 0.573. The number of benzene rings is 2. The Morgan fingerprint density at radius 2 is 1.67 bits per heavy atom. The van der Waals surface area contributed by atoms with Crippen molar-refractivity contribution in [2.45, 2.75) is 13.0 Å². The largest absolute Gasteiger partial charge is 0.508 e. The fourth-order valence-corrected chi connectivity index (χ4v) is 2.71. The van der Waals surface area contributed by atoms with Crippen molar-refractivity contribution < 1.29 is 29.3 Å². The number of carboxylic acid groups (broad SMARTS) is 1. The van der Waals surface area contributed by atoms with E-state index < -0.39 is 17.9 Å². The number of halogens is 2. The van der Waals surface area contributed by atoms with Crippen molar-refractivity contribution in [1.82, 2.24) is 5.32 Å². The molecule has 9 heteroatoms. The average Bonchev–Trinajstić information content (AvgIpc) is 2.58. The lowest BCUT2D eigenvalue weighted by Crippen LogP contribution is -2.38. The van der Waals surface area contributed by atoms with Crippen molar-refractivity contribution in [3.63, 3.8) is 0 Å². The first-order chi connectivity index (χ1) is 12.8. The van der Waals surface area contributed by atoms with Crippen LogP contribution >= 0.6 is 23.2 Å². The van der Waals surface area contributed by atoms with Crippen LogP contribution < -0.4 is 14.8 Å². The summed E-state index contributed by atoms with van der Waals surface area (Å²) in [6.45, 7) is 1.70. The molecule has 0 bridgehead atoms. The van der Waals surface area contributed by atoms with E-state index in [4.69, 9.17) is 37.8 Å². The third kappa shape index (κ3) is 5.94. The number of carbonyl (C=O) groups is 2. The van der Waals surface area contributed by atoms with Gasteiger partial charge in [-0.25, -0.2) is 0 Å². The van der Waals surface area contributed by atoms with Crippen LogP contribution in [0.1, 0.15) is 17.3 Å². The Balaban J connectivity index is 1.95. The first-order valence-corrected chi connectivity index (χ1v) is 8.61. The minimum absolute atomic E-state index is 0.0292. The smallest absolute Gasteiger partial charge is 0.325 e. The summed E-state index contributed by atoms with van der Waals surface area (Å²) in [5.41, 5.74) is -0.0326. The molecular formula is C18H17Cl2NO6. The molecule has 0 heterocycles. The summed E-state index contributed by atoms with van der Waals surface area (Å²) >= 11 is 12.2. The van der Waals surface area contributed by atoms with E-state index in [1.54, 1.807) is 12.1 Å². The van der Waals surface area contributed by atoms with Gasteiger partial charge < -0.3 is 25.0 Å². The lowest BCUT2D eigenvalue weighted by atomic mass is 10.2. The predicted octanol–water partition coefficient (Wildman–Crippen LogP) is 3.36. The van der Waals surface area contributed by atoms with E-state index in [9.17, 15) is 14.7 Å². The number of aliphatic carboxylic acids is 1. The summed E-state index contributed by atoms with van der Waals surface area (Å²) in [6.07, 6.45) is 0. The molecule has 0 aliphatic heterocycles. The summed E-state index contributed by atoms with van der Waals surface area (Å²) in [5, 5.41) is 20.6. The number of phenols is 1. The Labute approximate surface area is 165 Å². The molecule has 7 nitrogen and oxygen atoms in total. The van der Waals surface area contributed by atoms with Crippen LogP contribution in [0.15, 0.2) is 36.4 Å². The van der Waals surface area contributed by atoms with E-state index in [0.29, 0.717) is 11.5 Å². The third-order valence-corrected chi connectivity index (χ3v) is 4.00. The summed E-state index contributed by atoms with van der Waals surface area (Å²) in [5.74, 6) is -0.958. The number of carbonyl (C=O) groups excluding carboxylic acids is 1. The minimum Gasteiger partial charge on any atom is -0.508 e. The summed E-state index contributed by atoms with van der Waals surface area (Å²) in [4.78, 5) is 23.0. The highest BCUT2D eigenvalue weighted by Gasteiger charge is 2.21. The van der Waals surface area contributed by atoms with Crippen LogP contribution in [0.25, 0.3) is 0 Å². The van der Waals surface area contributed by atoms with Gasteiger partial charge in [-0.05, 0) is 31.2 Å². The van der Waals surface area contributed by atoms with Crippen LogP contribution in [0.3, 0.4) is 0 Å². The van der Waals surface area contributed by atoms with Crippen molar-refractivity contribution in [2.75, 3.05) is 13.2 Å². The molecule has 0 saturated carbocycles. The number of carboxylic acids is 1. The van der Waals surface area contributed by atoms with Gasteiger partial charge in [0.2, 0.25) is 0 Å². The van der Waals surface area contributed by atoms with Crippen LogP contribution in [0.2, 0.25) is 10.0 Å². The molecule has 1 atom stereocenters. The first kappa shape index (κ1) is 20.7. The zero-order valence-corrected chi connectivity index (χ0v) is 15.8. The highest BCUT2D eigenvalue weighted by Crippen LogP contribution is 2.30. The molecule has 0 spiro atoms. The van der Waals surface area contributed by atoms with Crippen molar-refractivity contribution in [3.05, 3.63) is 52.0 Å². The second kappa shape index (κ2) is 9.34. The van der Waals surface area contributed by atoms with Gasteiger partial charge in [0.25, 0.3) is 5.91 Å². The van der Waals surface area contributed by atoms with E-state index >= 15 is 0 Å². The van der Waals surface area contributed by atoms with E-state index in [0.717, 1.165) is 0 Å². The van der Waals surface area contributed by atoms with Gasteiger partial charge in [-0.15, -0.1) is 0 Å². The van der Waals surface area contributed by atoms with Crippen molar-refractivity contribution in [3.8, 4) is 17.2 Å².